The zero-order chi connectivity index (χ0) is 12.5. The average molecular weight is 261 g/mol. The first-order chi connectivity index (χ1) is 8.79. The molecule has 1 saturated heterocycles. The molecule has 0 N–H and O–H groups in total. The van der Waals surface area contributed by atoms with Crippen LogP contribution in [0.3, 0.4) is 0 Å². The van der Waals surface area contributed by atoms with E-state index in [1.807, 2.05) is 0 Å². The molecule has 0 bridgehead atoms. The Hall–Kier alpha value is -1.16. The van der Waals surface area contributed by atoms with Crippen molar-refractivity contribution in [1.82, 2.24) is 9.97 Å². The van der Waals surface area contributed by atoms with Gasteiger partial charge in [-0.25, -0.2) is 9.97 Å². The van der Waals surface area contributed by atoms with E-state index in [1.165, 1.54) is 29.5 Å². The lowest BCUT2D eigenvalue weighted by Gasteiger charge is -2.34. The molecule has 1 atom stereocenters. The van der Waals surface area contributed by atoms with Crippen LogP contribution in [0.2, 0.25) is 0 Å². The molecule has 0 saturated carbocycles. The van der Waals surface area contributed by atoms with Crippen LogP contribution < -0.4 is 4.90 Å². The minimum absolute atomic E-state index is 0.599. The van der Waals surface area contributed by atoms with Crippen LogP contribution >= 0.6 is 11.3 Å². The maximum absolute atomic E-state index is 4.55. The van der Waals surface area contributed by atoms with Gasteiger partial charge in [-0.15, -0.1) is 11.3 Å². The lowest BCUT2D eigenvalue weighted by Crippen LogP contribution is -2.38. The Kier molecular flexibility index (Phi) is 3.20. The highest BCUT2D eigenvalue weighted by atomic mass is 32.1. The summed E-state index contributed by atoms with van der Waals surface area (Å²) in [5.41, 5.74) is 0. The fourth-order valence-corrected chi connectivity index (χ4v) is 3.64. The Morgan fingerprint density at radius 1 is 1.39 bits per heavy atom. The zero-order valence-corrected chi connectivity index (χ0v) is 11.8. The van der Waals surface area contributed by atoms with Crippen LogP contribution in [0.1, 0.15) is 38.0 Å². The molecule has 1 aliphatic heterocycles. The second-order valence-electron chi connectivity index (χ2n) is 5.02. The molecule has 4 heteroatoms. The first-order valence-electron chi connectivity index (χ1n) is 6.79. The lowest BCUT2D eigenvalue weighted by molar-refractivity contribution is 0.482. The van der Waals surface area contributed by atoms with Gasteiger partial charge in [0.25, 0.3) is 0 Å². The van der Waals surface area contributed by atoms with Crippen LogP contribution in [0, 0.1) is 0 Å². The molecule has 0 aliphatic carbocycles. The largest absolute Gasteiger partial charge is 0.353 e. The molecule has 0 spiro atoms. The van der Waals surface area contributed by atoms with E-state index in [4.69, 9.17) is 0 Å². The molecule has 1 aliphatic rings. The summed E-state index contributed by atoms with van der Waals surface area (Å²) in [6, 6.07) is 2.87. The SMILES string of the molecule is CCc1cc2c(N3CCCCC3C)ncnc2s1. The third kappa shape index (κ3) is 1.99. The van der Waals surface area contributed by atoms with Crippen molar-refractivity contribution in [2.75, 3.05) is 11.4 Å². The van der Waals surface area contributed by atoms with Crippen molar-refractivity contribution in [2.24, 2.45) is 0 Å². The van der Waals surface area contributed by atoms with Gasteiger partial charge in [0, 0.05) is 17.5 Å². The van der Waals surface area contributed by atoms with E-state index in [0.717, 1.165) is 23.6 Å². The van der Waals surface area contributed by atoms with Crippen LogP contribution in [0.15, 0.2) is 12.4 Å². The van der Waals surface area contributed by atoms with Crippen molar-refractivity contribution in [1.29, 1.82) is 0 Å². The van der Waals surface area contributed by atoms with E-state index < -0.39 is 0 Å². The minimum Gasteiger partial charge on any atom is -0.353 e. The number of aryl methyl sites for hydroxylation is 1. The number of anilines is 1. The second-order valence-corrected chi connectivity index (χ2v) is 6.14. The van der Waals surface area contributed by atoms with E-state index in [1.54, 1.807) is 17.7 Å². The number of piperidine rings is 1. The zero-order valence-electron chi connectivity index (χ0n) is 11.0. The topological polar surface area (TPSA) is 29.0 Å². The average Bonchev–Trinajstić information content (AvgIpc) is 2.82. The molecular weight excluding hydrogens is 242 g/mol. The van der Waals surface area contributed by atoms with Gasteiger partial charge in [0.1, 0.15) is 17.0 Å². The summed E-state index contributed by atoms with van der Waals surface area (Å²) >= 11 is 1.80. The van der Waals surface area contributed by atoms with Crippen molar-refractivity contribution in [3.63, 3.8) is 0 Å². The van der Waals surface area contributed by atoms with Crippen LogP contribution in [0.4, 0.5) is 5.82 Å². The van der Waals surface area contributed by atoms with Gasteiger partial charge in [-0.2, -0.15) is 0 Å². The Balaban J connectivity index is 2.07. The highest BCUT2D eigenvalue weighted by Gasteiger charge is 2.22. The van der Waals surface area contributed by atoms with Gasteiger partial charge in [-0.3, -0.25) is 0 Å². The first kappa shape index (κ1) is 11.9. The van der Waals surface area contributed by atoms with Gasteiger partial charge >= 0.3 is 0 Å². The molecule has 3 rings (SSSR count). The predicted octanol–water partition coefficient (Wildman–Crippen LogP) is 3.63. The molecule has 3 heterocycles. The third-order valence-electron chi connectivity index (χ3n) is 3.78. The number of nitrogens with zero attached hydrogens (tertiary/aromatic N) is 3. The summed E-state index contributed by atoms with van der Waals surface area (Å²) < 4.78 is 0. The molecule has 1 fully saturated rings. The summed E-state index contributed by atoms with van der Waals surface area (Å²) in [6.45, 7) is 5.63. The number of aromatic nitrogens is 2. The number of thiophene rings is 1. The quantitative estimate of drug-likeness (QED) is 0.826. The summed E-state index contributed by atoms with van der Waals surface area (Å²) in [5.74, 6) is 1.14. The molecule has 0 amide bonds. The van der Waals surface area contributed by atoms with Gasteiger partial charge in [0.2, 0.25) is 0 Å². The Morgan fingerprint density at radius 2 is 2.28 bits per heavy atom. The number of rotatable bonds is 2. The highest BCUT2D eigenvalue weighted by molar-refractivity contribution is 7.18. The predicted molar refractivity (Wildman–Crippen MR) is 77.5 cm³/mol. The van der Waals surface area contributed by atoms with Gasteiger partial charge in [-0.05, 0) is 38.7 Å². The molecule has 96 valence electrons. The van der Waals surface area contributed by atoms with E-state index in [-0.39, 0.29) is 0 Å². The monoisotopic (exact) mass is 261 g/mol. The van der Waals surface area contributed by atoms with Crippen molar-refractivity contribution < 1.29 is 0 Å². The van der Waals surface area contributed by atoms with E-state index in [2.05, 4.69) is 34.8 Å². The van der Waals surface area contributed by atoms with E-state index in [9.17, 15) is 0 Å². The molecule has 2 aromatic heterocycles. The number of hydrogen-bond acceptors (Lipinski definition) is 4. The maximum atomic E-state index is 4.55. The summed E-state index contributed by atoms with van der Waals surface area (Å²) in [4.78, 5) is 14.0. The third-order valence-corrected chi connectivity index (χ3v) is 4.97. The Labute approximate surface area is 112 Å². The molecule has 3 nitrogen and oxygen atoms in total. The minimum atomic E-state index is 0.599. The van der Waals surface area contributed by atoms with E-state index >= 15 is 0 Å². The smallest absolute Gasteiger partial charge is 0.141 e. The first-order valence-corrected chi connectivity index (χ1v) is 7.61. The van der Waals surface area contributed by atoms with Crippen LogP contribution in [0.25, 0.3) is 10.2 Å². The van der Waals surface area contributed by atoms with Crippen LogP contribution in [-0.4, -0.2) is 22.6 Å². The molecule has 2 aromatic rings. The maximum Gasteiger partial charge on any atom is 0.141 e. The standard InChI is InChI=1S/C14H19N3S/c1-3-11-8-12-13(15-9-16-14(12)18-11)17-7-5-4-6-10(17)2/h8-10H,3-7H2,1-2H3. The van der Waals surface area contributed by atoms with Crippen molar-refractivity contribution >= 4 is 27.4 Å². The Morgan fingerprint density at radius 3 is 3.06 bits per heavy atom. The lowest BCUT2D eigenvalue weighted by atomic mass is 10.0. The summed E-state index contributed by atoms with van der Waals surface area (Å²) in [6.07, 6.45) is 6.69. The van der Waals surface area contributed by atoms with Crippen molar-refractivity contribution in [3.05, 3.63) is 17.3 Å². The molecule has 1 unspecified atom stereocenters. The fraction of sp³-hybridized carbons (Fsp3) is 0.571. The van der Waals surface area contributed by atoms with Gasteiger partial charge < -0.3 is 4.90 Å². The van der Waals surface area contributed by atoms with Crippen LogP contribution in [-0.2, 0) is 6.42 Å². The number of fused-ring (bicyclic) bond motifs is 1. The normalized spacial score (nSPS) is 20.6. The van der Waals surface area contributed by atoms with Gasteiger partial charge in [-0.1, -0.05) is 6.92 Å². The molecule has 0 radical (unpaired) electrons. The highest BCUT2D eigenvalue weighted by Crippen LogP contribution is 2.33. The van der Waals surface area contributed by atoms with Crippen LogP contribution in [0.5, 0.6) is 0 Å². The van der Waals surface area contributed by atoms with Crippen molar-refractivity contribution in [2.45, 2.75) is 45.6 Å². The van der Waals surface area contributed by atoms with Crippen molar-refractivity contribution in [3.8, 4) is 0 Å². The molecular formula is C14H19N3S. The second kappa shape index (κ2) is 4.84. The molecule has 18 heavy (non-hydrogen) atoms. The summed E-state index contributed by atoms with van der Waals surface area (Å²) in [7, 11) is 0. The fourth-order valence-electron chi connectivity index (χ4n) is 2.71. The molecule has 0 aromatic carbocycles. The Bertz CT molecular complexity index is 549. The summed E-state index contributed by atoms with van der Waals surface area (Å²) in [5, 5.41) is 1.24. The van der Waals surface area contributed by atoms with Gasteiger partial charge in [0.15, 0.2) is 0 Å². The van der Waals surface area contributed by atoms with E-state index in [0.29, 0.717) is 6.04 Å². The van der Waals surface area contributed by atoms with Gasteiger partial charge in [0.05, 0.1) is 5.39 Å². The number of hydrogen-bond donors (Lipinski definition) is 0.